The Bertz CT molecular complexity index is 717. The highest BCUT2D eigenvalue weighted by molar-refractivity contribution is 7.07. The van der Waals surface area contributed by atoms with E-state index in [-0.39, 0.29) is 30.9 Å². The first-order valence-corrected chi connectivity index (χ1v) is 8.28. The molecule has 3 rings (SSSR count). The highest BCUT2D eigenvalue weighted by atomic mass is 32.1. The minimum absolute atomic E-state index is 0.167. The maximum absolute atomic E-state index is 12.5. The van der Waals surface area contributed by atoms with Crippen molar-refractivity contribution in [3.8, 4) is 0 Å². The van der Waals surface area contributed by atoms with E-state index in [0.29, 0.717) is 24.0 Å². The average Bonchev–Trinajstić information content (AvgIpc) is 3.32. The second kappa shape index (κ2) is 7.05. The van der Waals surface area contributed by atoms with Gasteiger partial charge in [-0.2, -0.15) is 4.98 Å². The zero-order valence-electron chi connectivity index (χ0n) is 13.3. The molecule has 2 aromatic rings. The van der Waals surface area contributed by atoms with Gasteiger partial charge >= 0.3 is 0 Å². The smallest absolute Gasteiger partial charge is 0.273 e. The van der Waals surface area contributed by atoms with Crippen molar-refractivity contribution in [1.82, 2.24) is 25.3 Å². The maximum Gasteiger partial charge on any atom is 0.273 e. The van der Waals surface area contributed by atoms with Crippen LogP contribution < -0.4 is 5.32 Å². The van der Waals surface area contributed by atoms with E-state index in [1.807, 2.05) is 0 Å². The van der Waals surface area contributed by atoms with Crippen LogP contribution in [0.5, 0.6) is 0 Å². The third-order valence-corrected chi connectivity index (χ3v) is 4.50. The number of hydrogen-bond acceptors (Lipinski definition) is 8. The maximum atomic E-state index is 12.5. The summed E-state index contributed by atoms with van der Waals surface area (Å²) in [5, 5.41) is 8.15. The van der Waals surface area contributed by atoms with Crippen LogP contribution >= 0.6 is 11.3 Å². The van der Waals surface area contributed by atoms with E-state index in [4.69, 9.17) is 9.26 Å². The molecule has 1 saturated heterocycles. The minimum atomic E-state index is -0.451. The van der Waals surface area contributed by atoms with Gasteiger partial charge in [0, 0.05) is 32.6 Å². The molecule has 1 fully saturated rings. The van der Waals surface area contributed by atoms with Crippen molar-refractivity contribution in [2.45, 2.75) is 12.5 Å². The third-order valence-electron chi connectivity index (χ3n) is 3.92. The first-order valence-electron chi connectivity index (χ1n) is 7.34. The topological polar surface area (TPSA) is 110 Å². The first-order chi connectivity index (χ1) is 11.6. The van der Waals surface area contributed by atoms with Crippen LogP contribution in [0.1, 0.15) is 28.1 Å². The number of nitrogens with zero attached hydrogens (tertiary/aromatic N) is 4. The summed E-state index contributed by atoms with van der Waals surface area (Å²) in [5.74, 6) is -0.430. The lowest BCUT2D eigenvalue weighted by molar-refractivity contribution is -0.124. The summed E-state index contributed by atoms with van der Waals surface area (Å²) in [6, 6.07) is 0. The normalized spacial score (nSPS) is 20.3. The largest absolute Gasteiger partial charge is 0.377 e. The second-order valence-corrected chi connectivity index (χ2v) is 6.11. The van der Waals surface area contributed by atoms with Crippen LogP contribution in [0.3, 0.4) is 0 Å². The Morgan fingerprint density at radius 2 is 2.33 bits per heavy atom. The summed E-state index contributed by atoms with van der Waals surface area (Å²) in [5.41, 5.74) is 1.98. The molecule has 0 bridgehead atoms. The minimum Gasteiger partial charge on any atom is -0.377 e. The summed E-state index contributed by atoms with van der Waals surface area (Å²) in [6.45, 7) is 0.827. The number of carbonyl (C=O) groups is 2. The van der Waals surface area contributed by atoms with Gasteiger partial charge in [-0.25, -0.2) is 4.98 Å². The highest BCUT2D eigenvalue weighted by Crippen LogP contribution is 2.32. The van der Waals surface area contributed by atoms with E-state index >= 15 is 0 Å². The van der Waals surface area contributed by atoms with Crippen LogP contribution in [0.2, 0.25) is 0 Å². The molecule has 0 spiro atoms. The monoisotopic (exact) mass is 351 g/mol. The molecule has 0 radical (unpaired) electrons. The van der Waals surface area contributed by atoms with Crippen LogP contribution in [0.15, 0.2) is 15.4 Å². The standard InChI is InChI=1S/C14H17N5O4S/c1-15-12(20)8-3-19(14(21)10-6-24-7-16-10)4-9(8)13-17-11(5-22-2)18-23-13/h6-9H,3-5H2,1-2H3,(H,15,20)/t8-,9-/m1/s1. The number of carbonyl (C=O) groups excluding carboxylic acids is 2. The van der Waals surface area contributed by atoms with Gasteiger partial charge in [-0.15, -0.1) is 11.3 Å². The van der Waals surface area contributed by atoms with Crippen molar-refractivity contribution in [2.24, 2.45) is 5.92 Å². The van der Waals surface area contributed by atoms with Gasteiger partial charge in [-0.05, 0) is 0 Å². The van der Waals surface area contributed by atoms with E-state index in [1.54, 1.807) is 22.8 Å². The molecule has 2 aromatic heterocycles. The number of ether oxygens (including phenoxy) is 1. The fourth-order valence-corrected chi connectivity index (χ4v) is 3.28. The van der Waals surface area contributed by atoms with Crippen molar-refractivity contribution >= 4 is 23.2 Å². The summed E-state index contributed by atoms with van der Waals surface area (Å²) < 4.78 is 10.2. The van der Waals surface area contributed by atoms with E-state index in [1.165, 1.54) is 18.4 Å². The number of hydrogen-bond donors (Lipinski definition) is 1. The van der Waals surface area contributed by atoms with Crippen LogP contribution in [0, 0.1) is 5.92 Å². The number of amides is 2. The number of likely N-dealkylation sites (tertiary alicyclic amines) is 1. The Hall–Kier alpha value is -2.33. The number of aromatic nitrogens is 3. The third kappa shape index (κ3) is 3.15. The van der Waals surface area contributed by atoms with E-state index in [9.17, 15) is 9.59 Å². The SMILES string of the molecule is CNC(=O)[C@@H]1CN(C(=O)c2cscn2)C[C@H]1c1nc(COC)no1. The molecule has 0 saturated carbocycles. The summed E-state index contributed by atoms with van der Waals surface area (Å²) in [6.07, 6.45) is 0. The fourth-order valence-electron chi connectivity index (χ4n) is 2.76. The molecular formula is C14H17N5O4S. The highest BCUT2D eigenvalue weighted by Gasteiger charge is 2.43. The molecule has 1 aliphatic heterocycles. The van der Waals surface area contributed by atoms with E-state index < -0.39 is 5.92 Å². The lowest BCUT2D eigenvalue weighted by Gasteiger charge is -2.14. The van der Waals surface area contributed by atoms with Crippen LogP contribution in [-0.4, -0.2) is 59.1 Å². The van der Waals surface area contributed by atoms with Gasteiger partial charge in [-0.1, -0.05) is 5.16 Å². The molecule has 2 amide bonds. The number of methoxy groups -OCH3 is 1. The molecule has 24 heavy (non-hydrogen) atoms. The average molecular weight is 351 g/mol. The summed E-state index contributed by atoms with van der Waals surface area (Å²) >= 11 is 1.35. The molecular weight excluding hydrogens is 334 g/mol. The lowest BCUT2D eigenvalue weighted by atomic mass is 9.95. The zero-order chi connectivity index (χ0) is 17.1. The Kier molecular flexibility index (Phi) is 4.86. The molecule has 10 heteroatoms. The lowest BCUT2D eigenvalue weighted by Crippen LogP contribution is -2.33. The van der Waals surface area contributed by atoms with Gasteiger partial charge in [0.15, 0.2) is 5.82 Å². The molecule has 3 heterocycles. The summed E-state index contributed by atoms with van der Waals surface area (Å²) in [7, 11) is 3.10. The molecule has 128 valence electrons. The van der Waals surface area contributed by atoms with Crippen molar-refractivity contribution < 1.29 is 18.8 Å². The number of rotatable bonds is 5. The van der Waals surface area contributed by atoms with Gasteiger partial charge in [0.1, 0.15) is 12.3 Å². The Morgan fingerprint density at radius 3 is 3.00 bits per heavy atom. The molecule has 0 aliphatic carbocycles. The van der Waals surface area contributed by atoms with E-state index in [2.05, 4.69) is 20.4 Å². The quantitative estimate of drug-likeness (QED) is 0.823. The van der Waals surface area contributed by atoms with Crippen LogP contribution in [0.4, 0.5) is 0 Å². The summed E-state index contributed by atoms with van der Waals surface area (Å²) in [4.78, 5) is 34.6. The predicted octanol–water partition coefficient (Wildman–Crippen LogP) is 0.274. The Labute approximate surface area is 142 Å². The van der Waals surface area contributed by atoms with Crippen molar-refractivity contribution in [3.05, 3.63) is 28.3 Å². The molecule has 9 nitrogen and oxygen atoms in total. The Balaban J connectivity index is 1.82. The van der Waals surface area contributed by atoms with Crippen molar-refractivity contribution in [2.75, 3.05) is 27.2 Å². The molecule has 1 aliphatic rings. The molecule has 1 N–H and O–H groups in total. The number of thiazole rings is 1. The van der Waals surface area contributed by atoms with Crippen LogP contribution in [-0.2, 0) is 16.1 Å². The van der Waals surface area contributed by atoms with Gasteiger partial charge < -0.3 is 19.5 Å². The van der Waals surface area contributed by atoms with Gasteiger partial charge in [-0.3, -0.25) is 9.59 Å². The molecule has 2 atom stereocenters. The van der Waals surface area contributed by atoms with Gasteiger partial charge in [0.25, 0.3) is 5.91 Å². The van der Waals surface area contributed by atoms with Crippen molar-refractivity contribution in [1.29, 1.82) is 0 Å². The molecule has 0 aromatic carbocycles. The first kappa shape index (κ1) is 16.5. The molecule has 0 unspecified atom stereocenters. The number of nitrogens with one attached hydrogen (secondary N) is 1. The van der Waals surface area contributed by atoms with Crippen LogP contribution in [0.25, 0.3) is 0 Å². The Morgan fingerprint density at radius 1 is 1.50 bits per heavy atom. The van der Waals surface area contributed by atoms with Gasteiger partial charge in [0.05, 0.1) is 17.3 Å². The second-order valence-electron chi connectivity index (χ2n) is 5.39. The predicted molar refractivity (Wildman–Crippen MR) is 83.3 cm³/mol. The van der Waals surface area contributed by atoms with E-state index in [0.717, 1.165) is 0 Å². The fraction of sp³-hybridized carbons (Fsp3) is 0.500. The van der Waals surface area contributed by atoms with Crippen molar-refractivity contribution in [3.63, 3.8) is 0 Å². The van der Waals surface area contributed by atoms with Gasteiger partial charge in [0.2, 0.25) is 11.8 Å². The zero-order valence-corrected chi connectivity index (χ0v) is 14.1.